The van der Waals surface area contributed by atoms with E-state index < -0.39 is 0 Å². The van der Waals surface area contributed by atoms with Gasteiger partial charge in [0.25, 0.3) is 0 Å². The van der Waals surface area contributed by atoms with Gasteiger partial charge in [-0.05, 0) is 36.8 Å². The first-order valence-corrected chi connectivity index (χ1v) is 7.12. The number of nitrogens with two attached hydrogens (primary N) is 1. The Labute approximate surface area is 133 Å². The van der Waals surface area contributed by atoms with Crippen molar-refractivity contribution in [1.29, 1.82) is 0 Å². The third kappa shape index (κ3) is 2.65. The predicted octanol–water partition coefficient (Wildman–Crippen LogP) is 4.58. The Balaban J connectivity index is 2.06. The van der Waals surface area contributed by atoms with Gasteiger partial charge in [-0.1, -0.05) is 11.6 Å². The fourth-order valence-electron chi connectivity index (χ4n) is 2.26. The Morgan fingerprint density at radius 3 is 2.64 bits per heavy atom. The Kier molecular flexibility index (Phi) is 3.77. The average molecular weight is 315 g/mol. The third-order valence-corrected chi connectivity index (χ3v) is 3.75. The van der Waals surface area contributed by atoms with E-state index in [-0.39, 0.29) is 0 Å². The first kappa shape index (κ1) is 14.5. The van der Waals surface area contributed by atoms with E-state index in [9.17, 15) is 0 Å². The highest BCUT2D eigenvalue weighted by Crippen LogP contribution is 2.34. The number of fused-ring (bicyclic) bond motifs is 1. The summed E-state index contributed by atoms with van der Waals surface area (Å²) < 4.78 is 11.3. The predicted molar refractivity (Wildman–Crippen MR) is 89.0 cm³/mol. The summed E-state index contributed by atoms with van der Waals surface area (Å²) in [5.74, 6) is 2.13. The van der Waals surface area contributed by atoms with Crippen molar-refractivity contribution < 1.29 is 9.47 Å². The van der Waals surface area contributed by atoms with Crippen molar-refractivity contribution in [2.75, 3.05) is 12.8 Å². The minimum absolute atomic E-state index is 0.466. The highest BCUT2D eigenvalue weighted by atomic mass is 35.5. The minimum Gasteiger partial charge on any atom is -0.496 e. The van der Waals surface area contributed by atoms with Crippen molar-refractivity contribution in [2.45, 2.75) is 6.92 Å². The van der Waals surface area contributed by atoms with E-state index in [1.54, 1.807) is 31.5 Å². The van der Waals surface area contributed by atoms with Gasteiger partial charge in [0.15, 0.2) is 0 Å². The summed E-state index contributed by atoms with van der Waals surface area (Å²) in [6.45, 7) is 1.98. The van der Waals surface area contributed by atoms with Gasteiger partial charge >= 0.3 is 0 Å². The molecule has 2 N–H and O–H groups in total. The van der Waals surface area contributed by atoms with E-state index in [1.807, 2.05) is 25.1 Å². The lowest BCUT2D eigenvalue weighted by atomic mass is 10.1. The highest BCUT2D eigenvalue weighted by molar-refractivity contribution is 6.33. The van der Waals surface area contributed by atoms with Crippen LogP contribution in [0.5, 0.6) is 17.2 Å². The van der Waals surface area contributed by atoms with Crippen LogP contribution in [-0.4, -0.2) is 12.1 Å². The van der Waals surface area contributed by atoms with Crippen LogP contribution >= 0.6 is 11.6 Å². The lowest BCUT2D eigenvalue weighted by Crippen LogP contribution is -1.92. The SMILES string of the molecule is COc1cc2nccc(Oc3ccc(N)c(Cl)c3)c2cc1C. The zero-order chi connectivity index (χ0) is 15.7. The Morgan fingerprint density at radius 2 is 1.91 bits per heavy atom. The number of hydrogen-bond donors (Lipinski definition) is 1. The van der Waals surface area contributed by atoms with Crippen molar-refractivity contribution >= 4 is 28.2 Å². The van der Waals surface area contributed by atoms with E-state index in [2.05, 4.69) is 4.98 Å². The summed E-state index contributed by atoms with van der Waals surface area (Å²) in [7, 11) is 1.64. The molecular weight excluding hydrogens is 300 g/mol. The molecule has 0 atom stereocenters. The van der Waals surface area contributed by atoms with Gasteiger partial charge in [-0.2, -0.15) is 0 Å². The Bertz CT molecular complexity index is 849. The van der Waals surface area contributed by atoms with E-state index in [4.69, 9.17) is 26.8 Å². The van der Waals surface area contributed by atoms with Gasteiger partial charge in [-0.15, -0.1) is 0 Å². The van der Waals surface area contributed by atoms with Crippen LogP contribution < -0.4 is 15.2 Å². The number of nitrogen functional groups attached to an aromatic ring is 1. The van der Waals surface area contributed by atoms with Gasteiger partial charge < -0.3 is 15.2 Å². The number of pyridine rings is 1. The summed E-state index contributed by atoms with van der Waals surface area (Å²) in [4.78, 5) is 4.36. The average Bonchev–Trinajstić information content (AvgIpc) is 2.51. The maximum Gasteiger partial charge on any atom is 0.138 e. The number of methoxy groups -OCH3 is 1. The summed E-state index contributed by atoms with van der Waals surface area (Å²) in [6, 6.07) is 10.9. The Hall–Kier alpha value is -2.46. The number of aromatic nitrogens is 1. The van der Waals surface area contributed by atoms with E-state index in [0.717, 1.165) is 22.2 Å². The maximum absolute atomic E-state index is 6.03. The summed E-state index contributed by atoms with van der Waals surface area (Å²) >= 11 is 6.03. The normalized spacial score (nSPS) is 10.7. The zero-order valence-corrected chi connectivity index (χ0v) is 13.0. The van der Waals surface area contributed by atoms with Gasteiger partial charge in [0.05, 0.1) is 23.3 Å². The molecule has 112 valence electrons. The number of ether oxygens (including phenoxy) is 2. The number of aryl methyl sites for hydroxylation is 1. The molecule has 0 unspecified atom stereocenters. The van der Waals surface area contributed by atoms with Crippen molar-refractivity contribution in [3.05, 3.63) is 53.2 Å². The molecule has 0 amide bonds. The molecule has 4 nitrogen and oxygen atoms in total. The van der Waals surface area contributed by atoms with Crippen molar-refractivity contribution in [3.8, 4) is 17.2 Å². The van der Waals surface area contributed by atoms with E-state index in [1.165, 1.54) is 0 Å². The number of benzene rings is 2. The number of hydrogen-bond acceptors (Lipinski definition) is 4. The summed E-state index contributed by atoms with van der Waals surface area (Å²) in [5.41, 5.74) is 8.06. The first-order chi connectivity index (χ1) is 10.6. The summed E-state index contributed by atoms with van der Waals surface area (Å²) in [5, 5.41) is 1.38. The standard InChI is InChI=1S/C17H15ClN2O2/c1-10-7-12-15(9-17(10)21-2)20-6-5-16(12)22-11-3-4-14(19)13(18)8-11/h3-9H,19H2,1-2H3. The molecule has 0 aliphatic rings. The third-order valence-electron chi connectivity index (χ3n) is 3.42. The fraction of sp³-hybridized carbons (Fsp3) is 0.118. The van der Waals surface area contributed by atoms with E-state index in [0.29, 0.717) is 22.2 Å². The quantitative estimate of drug-likeness (QED) is 0.719. The van der Waals surface area contributed by atoms with Gasteiger partial charge in [-0.25, -0.2) is 0 Å². The highest BCUT2D eigenvalue weighted by Gasteiger charge is 2.09. The first-order valence-electron chi connectivity index (χ1n) is 6.74. The molecule has 0 bridgehead atoms. The molecule has 3 rings (SSSR count). The molecular formula is C17H15ClN2O2. The zero-order valence-electron chi connectivity index (χ0n) is 12.3. The second-order valence-corrected chi connectivity index (χ2v) is 5.34. The molecule has 22 heavy (non-hydrogen) atoms. The maximum atomic E-state index is 6.03. The monoisotopic (exact) mass is 314 g/mol. The Morgan fingerprint density at radius 1 is 1.09 bits per heavy atom. The number of rotatable bonds is 3. The van der Waals surface area contributed by atoms with Crippen molar-refractivity contribution in [2.24, 2.45) is 0 Å². The molecule has 0 aliphatic heterocycles. The molecule has 0 radical (unpaired) electrons. The molecule has 2 aromatic carbocycles. The molecule has 0 saturated carbocycles. The van der Waals surface area contributed by atoms with Crippen LogP contribution in [0.25, 0.3) is 10.9 Å². The van der Waals surface area contributed by atoms with Crippen LogP contribution in [0, 0.1) is 6.92 Å². The molecule has 3 aromatic rings. The topological polar surface area (TPSA) is 57.4 Å². The van der Waals surface area contributed by atoms with Crippen LogP contribution in [0.2, 0.25) is 5.02 Å². The fourth-order valence-corrected chi connectivity index (χ4v) is 2.43. The lowest BCUT2D eigenvalue weighted by molar-refractivity contribution is 0.412. The van der Waals surface area contributed by atoms with E-state index >= 15 is 0 Å². The van der Waals surface area contributed by atoms with Gasteiger partial charge in [0, 0.05) is 23.7 Å². The largest absolute Gasteiger partial charge is 0.496 e. The van der Waals surface area contributed by atoms with Crippen molar-refractivity contribution in [1.82, 2.24) is 4.98 Å². The lowest BCUT2D eigenvalue weighted by Gasteiger charge is -2.11. The van der Waals surface area contributed by atoms with Crippen LogP contribution in [0.15, 0.2) is 42.6 Å². The molecule has 0 saturated heterocycles. The second-order valence-electron chi connectivity index (χ2n) is 4.93. The molecule has 5 heteroatoms. The van der Waals surface area contributed by atoms with Gasteiger partial charge in [0.2, 0.25) is 0 Å². The molecule has 0 spiro atoms. The number of nitrogens with zero attached hydrogens (tertiary/aromatic N) is 1. The van der Waals surface area contributed by atoms with Crippen LogP contribution in [-0.2, 0) is 0 Å². The van der Waals surface area contributed by atoms with Crippen LogP contribution in [0.3, 0.4) is 0 Å². The smallest absolute Gasteiger partial charge is 0.138 e. The summed E-state index contributed by atoms with van der Waals surface area (Å²) in [6.07, 6.45) is 1.70. The van der Waals surface area contributed by atoms with Crippen LogP contribution in [0.4, 0.5) is 5.69 Å². The minimum atomic E-state index is 0.466. The molecule has 0 aliphatic carbocycles. The second kappa shape index (κ2) is 5.73. The molecule has 0 fully saturated rings. The number of anilines is 1. The molecule has 1 aromatic heterocycles. The van der Waals surface area contributed by atoms with Crippen molar-refractivity contribution in [3.63, 3.8) is 0 Å². The molecule has 1 heterocycles. The van der Waals surface area contributed by atoms with Crippen LogP contribution in [0.1, 0.15) is 5.56 Å². The number of halogens is 1. The van der Waals surface area contributed by atoms with Gasteiger partial charge in [0.1, 0.15) is 17.2 Å². The van der Waals surface area contributed by atoms with Gasteiger partial charge in [-0.3, -0.25) is 4.98 Å².